The predicted molar refractivity (Wildman–Crippen MR) is 50.4 cm³/mol. The quantitative estimate of drug-likeness (QED) is 0.617. The standard InChI is InChI=1S/C9H17BO2/c1-3-5-6-9(4-2,7-10)8(11)12/h3-7H2,1-2H3,(H,11,12)/t9-/m1/s1. The lowest BCUT2D eigenvalue weighted by Crippen LogP contribution is -2.29. The number of rotatable bonds is 6. The summed E-state index contributed by atoms with van der Waals surface area (Å²) in [5.41, 5.74) is -0.671. The van der Waals surface area contributed by atoms with Crippen molar-refractivity contribution in [1.82, 2.24) is 0 Å². The van der Waals surface area contributed by atoms with E-state index >= 15 is 0 Å². The van der Waals surface area contributed by atoms with Crippen LogP contribution in [-0.4, -0.2) is 18.9 Å². The Bertz CT molecular complexity index is 141. The van der Waals surface area contributed by atoms with E-state index in [2.05, 4.69) is 6.92 Å². The van der Waals surface area contributed by atoms with Crippen LogP contribution in [0.3, 0.4) is 0 Å². The number of hydrogen-bond donors (Lipinski definition) is 1. The summed E-state index contributed by atoms with van der Waals surface area (Å²) in [5.74, 6) is -0.749. The van der Waals surface area contributed by atoms with Gasteiger partial charge in [-0.15, -0.1) is 0 Å². The first-order valence-electron chi connectivity index (χ1n) is 4.56. The molecule has 0 heterocycles. The molecule has 12 heavy (non-hydrogen) atoms. The highest BCUT2D eigenvalue weighted by molar-refractivity contribution is 6.10. The SMILES string of the molecule is [B]C[C@@](CC)(CCCC)C(=O)O. The Morgan fingerprint density at radius 1 is 1.50 bits per heavy atom. The Balaban J connectivity index is 4.25. The van der Waals surface area contributed by atoms with Gasteiger partial charge in [-0.2, -0.15) is 0 Å². The van der Waals surface area contributed by atoms with Gasteiger partial charge in [0.1, 0.15) is 0 Å². The predicted octanol–water partition coefficient (Wildman–Crippen LogP) is 2.24. The van der Waals surface area contributed by atoms with E-state index < -0.39 is 11.4 Å². The second kappa shape index (κ2) is 5.23. The van der Waals surface area contributed by atoms with E-state index in [-0.39, 0.29) is 6.32 Å². The fourth-order valence-electron chi connectivity index (χ4n) is 1.28. The maximum Gasteiger partial charge on any atom is 0.308 e. The maximum atomic E-state index is 10.9. The molecule has 3 heteroatoms. The van der Waals surface area contributed by atoms with Gasteiger partial charge in [-0.3, -0.25) is 4.79 Å². The van der Waals surface area contributed by atoms with E-state index in [9.17, 15) is 4.79 Å². The molecule has 0 bridgehead atoms. The molecule has 0 aromatic carbocycles. The molecular weight excluding hydrogens is 151 g/mol. The Labute approximate surface area is 75.8 Å². The summed E-state index contributed by atoms with van der Waals surface area (Å²) in [6.07, 6.45) is 3.54. The Hall–Kier alpha value is -0.465. The summed E-state index contributed by atoms with van der Waals surface area (Å²) in [4.78, 5) is 10.9. The smallest absolute Gasteiger partial charge is 0.308 e. The van der Waals surface area contributed by atoms with Crippen molar-refractivity contribution in [2.75, 3.05) is 0 Å². The average molecular weight is 168 g/mol. The molecule has 0 aromatic rings. The van der Waals surface area contributed by atoms with Crippen LogP contribution >= 0.6 is 0 Å². The Kier molecular flexibility index (Phi) is 5.03. The highest BCUT2D eigenvalue weighted by Crippen LogP contribution is 2.32. The minimum Gasteiger partial charge on any atom is -0.481 e. The van der Waals surface area contributed by atoms with Crippen molar-refractivity contribution in [1.29, 1.82) is 0 Å². The first-order valence-corrected chi connectivity index (χ1v) is 4.56. The van der Waals surface area contributed by atoms with Gasteiger partial charge in [0, 0.05) is 0 Å². The minimum atomic E-state index is -0.749. The first-order chi connectivity index (χ1) is 5.63. The molecule has 2 nitrogen and oxygen atoms in total. The van der Waals surface area contributed by atoms with Gasteiger partial charge in [-0.25, -0.2) is 0 Å². The van der Waals surface area contributed by atoms with Crippen LogP contribution in [0.1, 0.15) is 39.5 Å². The zero-order valence-corrected chi connectivity index (χ0v) is 7.97. The van der Waals surface area contributed by atoms with E-state index in [4.69, 9.17) is 13.0 Å². The third-order valence-electron chi connectivity index (χ3n) is 2.53. The average Bonchev–Trinajstić information content (AvgIpc) is 2.07. The maximum absolute atomic E-state index is 10.9. The molecule has 2 radical (unpaired) electrons. The number of carboxylic acids is 1. The van der Waals surface area contributed by atoms with Gasteiger partial charge in [0.15, 0.2) is 0 Å². The molecule has 0 aromatic heterocycles. The molecule has 0 amide bonds. The zero-order chi connectivity index (χ0) is 9.61. The van der Waals surface area contributed by atoms with E-state index in [0.717, 1.165) is 12.8 Å². The van der Waals surface area contributed by atoms with Crippen LogP contribution in [-0.2, 0) is 4.79 Å². The molecule has 0 spiro atoms. The lowest BCUT2D eigenvalue weighted by molar-refractivity contribution is -0.148. The molecule has 0 aliphatic carbocycles. The van der Waals surface area contributed by atoms with Crippen molar-refractivity contribution < 1.29 is 9.90 Å². The molecule has 0 fully saturated rings. The molecule has 1 N–H and O–H groups in total. The summed E-state index contributed by atoms with van der Waals surface area (Å²) in [5, 5.41) is 8.97. The van der Waals surface area contributed by atoms with Crippen molar-refractivity contribution >= 4 is 13.8 Å². The van der Waals surface area contributed by atoms with E-state index in [0.29, 0.717) is 12.8 Å². The largest absolute Gasteiger partial charge is 0.481 e. The van der Waals surface area contributed by atoms with Crippen molar-refractivity contribution in [3.05, 3.63) is 0 Å². The molecular formula is C9H17BO2. The molecule has 0 saturated heterocycles. The van der Waals surface area contributed by atoms with Gasteiger partial charge in [0.05, 0.1) is 13.3 Å². The normalized spacial score (nSPS) is 15.5. The van der Waals surface area contributed by atoms with Crippen LogP contribution in [0, 0.1) is 5.41 Å². The highest BCUT2D eigenvalue weighted by atomic mass is 16.4. The number of aliphatic carboxylic acids is 1. The van der Waals surface area contributed by atoms with Crippen molar-refractivity contribution in [2.24, 2.45) is 5.41 Å². The van der Waals surface area contributed by atoms with Gasteiger partial charge in [0.25, 0.3) is 0 Å². The monoisotopic (exact) mass is 168 g/mol. The number of carboxylic acid groups (broad SMARTS) is 1. The Morgan fingerprint density at radius 3 is 2.33 bits per heavy atom. The molecule has 1 atom stereocenters. The van der Waals surface area contributed by atoms with E-state index in [1.807, 2.05) is 6.92 Å². The summed E-state index contributed by atoms with van der Waals surface area (Å²) in [7, 11) is 5.48. The fourth-order valence-corrected chi connectivity index (χ4v) is 1.28. The summed E-state index contributed by atoms with van der Waals surface area (Å²) >= 11 is 0. The molecule has 0 aliphatic heterocycles. The van der Waals surface area contributed by atoms with Crippen LogP contribution in [0.25, 0.3) is 0 Å². The van der Waals surface area contributed by atoms with E-state index in [1.54, 1.807) is 0 Å². The number of unbranched alkanes of at least 4 members (excludes halogenated alkanes) is 1. The third-order valence-corrected chi connectivity index (χ3v) is 2.53. The van der Waals surface area contributed by atoms with Gasteiger partial charge in [0.2, 0.25) is 0 Å². The van der Waals surface area contributed by atoms with E-state index in [1.165, 1.54) is 0 Å². The molecule has 0 saturated carbocycles. The second-order valence-electron chi connectivity index (χ2n) is 3.25. The molecule has 0 aliphatic rings. The first kappa shape index (κ1) is 11.5. The van der Waals surface area contributed by atoms with Crippen molar-refractivity contribution in [2.45, 2.75) is 45.9 Å². The van der Waals surface area contributed by atoms with Gasteiger partial charge in [-0.05, 0) is 12.8 Å². The lowest BCUT2D eigenvalue weighted by Gasteiger charge is -2.26. The summed E-state index contributed by atoms with van der Waals surface area (Å²) < 4.78 is 0. The van der Waals surface area contributed by atoms with Crippen molar-refractivity contribution in [3.63, 3.8) is 0 Å². The van der Waals surface area contributed by atoms with Crippen LogP contribution < -0.4 is 0 Å². The van der Waals surface area contributed by atoms with Gasteiger partial charge in [-0.1, -0.05) is 33.0 Å². The van der Waals surface area contributed by atoms with Crippen LogP contribution in [0.15, 0.2) is 0 Å². The summed E-state index contributed by atoms with van der Waals surface area (Å²) in [6.45, 7) is 3.94. The van der Waals surface area contributed by atoms with Crippen LogP contribution in [0.5, 0.6) is 0 Å². The van der Waals surface area contributed by atoms with Crippen LogP contribution in [0.4, 0.5) is 0 Å². The fraction of sp³-hybridized carbons (Fsp3) is 0.889. The molecule has 68 valence electrons. The topological polar surface area (TPSA) is 37.3 Å². The Morgan fingerprint density at radius 2 is 2.08 bits per heavy atom. The third kappa shape index (κ3) is 2.54. The summed E-state index contributed by atoms with van der Waals surface area (Å²) in [6, 6.07) is 0. The number of hydrogen-bond acceptors (Lipinski definition) is 1. The highest BCUT2D eigenvalue weighted by Gasteiger charge is 2.33. The zero-order valence-electron chi connectivity index (χ0n) is 7.97. The van der Waals surface area contributed by atoms with Crippen LogP contribution in [0.2, 0.25) is 6.32 Å². The molecule has 0 unspecified atom stereocenters. The lowest BCUT2D eigenvalue weighted by atomic mass is 9.71. The minimum absolute atomic E-state index is 0.249. The second-order valence-corrected chi connectivity index (χ2v) is 3.25. The molecule has 0 rings (SSSR count). The van der Waals surface area contributed by atoms with Gasteiger partial charge >= 0.3 is 5.97 Å². The number of carbonyl (C=O) groups is 1. The van der Waals surface area contributed by atoms with Gasteiger partial charge < -0.3 is 5.11 Å². The van der Waals surface area contributed by atoms with Crippen molar-refractivity contribution in [3.8, 4) is 0 Å².